The van der Waals surface area contributed by atoms with E-state index in [0.29, 0.717) is 25.5 Å². The first kappa shape index (κ1) is 16.2. The molecule has 4 heteroatoms. The standard InChI is InChI=1S/C21H24N2O2/c22-18(17-7-2-1-6-16(17)15-10-11-15)14-21(24)23-12-5-13-25-20-9-4-3-8-19(20)23/h1-4,6-9,15,18H,5,10-14,22H2. The Bertz CT molecular complexity index is 770. The molecular weight excluding hydrogens is 312 g/mol. The van der Waals surface area contributed by atoms with Crippen molar-refractivity contribution >= 4 is 11.6 Å². The maximum atomic E-state index is 13.0. The molecule has 4 nitrogen and oxygen atoms in total. The van der Waals surface area contributed by atoms with Crippen LogP contribution in [0.4, 0.5) is 5.69 Å². The van der Waals surface area contributed by atoms with Crippen LogP contribution in [0.25, 0.3) is 0 Å². The van der Waals surface area contributed by atoms with Gasteiger partial charge in [-0.15, -0.1) is 0 Å². The van der Waals surface area contributed by atoms with Crippen LogP contribution >= 0.6 is 0 Å². The average Bonchev–Trinajstić information content (AvgIpc) is 3.48. The van der Waals surface area contributed by atoms with Gasteiger partial charge >= 0.3 is 0 Å². The molecular formula is C21H24N2O2. The number of nitrogens with two attached hydrogens (primary N) is 1. The van der Waals surface area contributed by atoms with Gasteiger partial charge in [-0.05, 0) is 48.4 Å². The fourth-order valence-corrected chi connectivity index (χ4v) is 3.61. The Balaban J connectivity index is 1.54. The summed E-state index contributed by atoms with van der Waals surface area (Å²) in [5.41, 5.74) is 9.75. The zero-order valence-electron chi connectivity index (χ0n) is 14.4. The molecule has 1 heterocycles. The van der Waals surface area contributed by atoms with E-state index in [1.54, 1.807) is 0 Å². The van der Waals surface area contributed by atoms with Crippen molar-refractivity contribution in [1.29, 1.82) is 0 Å². The van der Waals surface area contributed by atoms with E-state index >= 15 is 0 Å². The molecule has 0 spiro atoms. The van der Waals surface area contributed by atoms with Crippen molar-refractivity contribution in [2.24, 2.45) is 5.73 Å². The number of ether oxygens (including phenoxy) is 1. The van der Waals surface area contributed by atoms with Crippen LogP contribution in [0, 0.1) is 0 Å². The summed E-state index contributed by atoms with van der Waals surface area (Å²) in [7, 11) is 0. The Kier molecular flexibility index (Phi) is 4.45. The molecule has 1 atom stereocenters. The first-order valence-corrected chi connectivity index (χ1v) is 9.10. The lowest BCUT2D eigenvalue weighted by atomic mass is 9.95. The van der Waals surface area contributed by atoms with Crippen molar-refractivity contribution < 1.29 is 9.53 Å². The van der Waals surface area contributed by atoms with Crippen molar-refractivity contribution in [1.82, 2.24) is 0 Å². The first-order chi connectivity index (χ1) is 12.2. The van der Waals surface area contributed by atoms with Crippen LogP contribution in [0.15, 0.2) is 48.5 Å². The second-order valence-corrected chi connectivity index (χ2v) is 6.93. The number of hydrogen-bond acceptors (Lipinski definition) is 3. The van der Waals surface area contributed by atoms with Gasteiger partial charge in [0.05, 0.1) is 12.3 Å². The summed E-state index contributed by atoms with van der Waals surface area (Å²) in [6, 6.07) is 15.8. The van der Waals surface area contributed by atoms with Gasteiger partial charge in [0.2, 0.25) is 5.91 Å². The predicted molar refractivity (Wildman–Crippen MR) is 98.9 cm³/mol. The number of carbonyl (C=O) groups is 1. The van der Waals surface area contributed by atoms with E-state index in [9.17, 15) is 4.79 Å². The quantitative estimate of drug-likeness (QED) is 0.924. The largest absolute Gasteiger partial charge is 0.491 e. The van der Waals surface area contributed by atoms with E-state index in [1.807, 2.05) is 35.2 Å². The fraction of sp³-hybridized carbons (Fsp3) is 0.381. The molecule has 1 amide bonds. The highest BCUT2D eigenvalue weighted by Crippen LogP contribution is 2.43. The van der Waals surface area contributed by atoms with Gasteiger partial charge in [0.25, 0.3) is 0 Å². The third kappa shape index (κ3) is 3.40. The highest BCUT2D eigenvalue weighted by atomic mass is 16.5. The molecule has 2 aromatic carbocycles. The van der Waals surface area contributed by atoms with Crippen molar-refractivity contribution in [2.75, 3.05) is 18.1 Å². The molecule has 4 rings (SSSR count). The van der Waals surface area contributed by atoms with Gasteiger partial charge in [0, 0.05) is 19.0 Å². The van der Waals surface area contributed by atoms with Crippen LogP contribution < -0.4 is 15.4 Å². The Morgan fingerprint density at radius 2 is 1.92 bits per heavy atom. The van der Waals surface area contributed by atoms with Crippen LogP contribution in [0.5, 0.6) is 5.75 Å². The molecule has 0 radical (unpaired) electrons. The van der Waals surface area contributed by atoms with Gasteiger partial charge in [-0.1, -0.05) is 36.4 Å². The van der Waals surface area contributed by atoms with Gasteiger partial charge in [0.1, 0.15) is 5.75 Å². The number of amides is 1. The maximum absolute atomic E-state index is 13.0. The molecule has 1 saturated carbocycles. The van der Waals surface area contributed by atoms with Gasteiger partial charge < -0.3 is 15.4 Å². The molecule has 2 aliphatic rings. The monoisotopic (exact) mass is 336 g/mol. The lowest BCUT2D eigenvalue weighted by Gasteiger charge is -2.24. The lowest BCUT2D eigenvalue weighted by molar-refractivity contribution is -0.119. The van der Waals surface area contributed by atoms with Crippen LogP contribution in [0.3, 0.4) is 0 Å². The van der Waals surface area contributed by atoms with Gasteiger partial charge in [0.15, 0.2) is 0 Å². The Hall–Kier alpha value is -2.33. The summed E-state index contributed by atoms with van der Waals surface area (Å²) in [6.07, 6.45) is 3.61. The molecule has 1 fully saturated rings. The Labute approximate surface area is 148 Å². The Morgan fingerprint density at radius 1 is 1.16 bits per heavy atom. The van der Waals surface area contributed by atoms with E-state index in [-0.39, 0.29) is 11.9 Å². The van der Waals surface area contributed by atoms with Crippen LogP contribution in [-0.2, 0) is 4.79 Å². The van der Waals surface area contributed by atoms with Gasteiger partial charge in [-0.2, -0.15) is 0 Å². The maximum Gasteiger partial charge on any atom is 0.229 e. The lowest BCUT2D eigenvalue weighted by Crippen LogP contribution is -2.34. The number of hydrogen-bond donors (Lipinski definition) is 1. The van der Waals surface area contributed by atoms with Crippen molar-refractivity contribution in [3.05, 3.63) is 59.7 Å². The minimum atomic E-state index is -0.263. The molecule has 2 N–H and O–H groups in total. The molecule has 0 aromatic heterocycles. The minimum Gasteiger partial charge on any atom is -0.491 e. The van der Waals surface area contributed by atoms with Gasteiger partial charge in [-0.3, -0.25) is 4.79 Å². The van der Waals surface area contributed by atoms with E-state index in [0.717, 1.165) is 23.4 Å². The Morgan fingerprint density at radius 3 is 2.76 bits per heavy atom. The SMILES string of the molecule is NC(CC(=O)N1CCCOc2ccccc21)c1ccccc1C1CC1. The number of para-hydroxylation sites is 2. The first-order valence-electron chi connectivity index (χ1n) is 9.10. The fourth-order valence-electron chi connectivity index (χ4n) is 3.61. The van der Waals surface area contributed by atoms with Crippen molar-refractivity contribution in [3.8, 4) is 5.75 Å². The number of anilines is 1. The zero-order chi connectivity index (χ0) is 17.2. The normalized spacial score (nSPS) is 18.0. The third-order valence-electron chi connectivity index (χ3n) is 5.05. The molecule has 1 unspecified atom stereocenters. The number of rotatable bonds is 4. The average molecular weight is 336 g/mol. The topological polar surface area (TPSA) is 55.6 Å². The molecule has 0 saturated heterocycles. The van der Waals surface area contributed by atoms with Crippen LogP contribution in [0.1, 0.15) is 48.8 Å². The van der Waals surface area contributed by atoms with Crippen molar-refractivity contribution in [3.63, 3.8) is 0 Å². The summed E-state index contributed by atoms with van der Waals surface area (Å²) in [5.74, 6) is 1.47. The van der Waals surface area contributed by atoms with Crippen LogP contribution in [0.2, 0.25) is 0 Å². The number of nitrogens with zero attached hydrogens (tertiary/aromatic N) is 1. The molecule has 1 aliphatic heterocycles. The smallest absolute Gasteiger partial charge is 0.229 e. The number of fused-ring (bicyclic) bond motifs is 1. The molecule has 0 bridgehead atoms. The molecule has 1 aliphatic carbocycles. The molecule has 2 aromatic rings. The number of benzene rings is 2. The van der Waals surface area contributed by atoms with E-state index in [4.69, 9.17) is 10.5 Å². The van der Waals surface area contributed by atoms with E-state index in [2.05, 4.69) is 18.2 Å². The van der Waals surface area contributed by atoms with E-state index < -0.39 is 0 Å². The summed E-state index contributed by atoms with van der Waals surface area (Å²) in [5, 5.41) is 0. The minimum absolute atomic E-state index is 0.0658. The summed E-state index contributed by atoms with van der Waals surface area (Å²) in [6.45, 7) is 1.31. The summed E-state index contributed by atoms with van der Waals surface area (Å²) in [4.78, 5) is 14.8. The highest BCUT2D eigenvalue weighted by Gasteiger charge is 2.29. The number of carbonyl (C=O) groups excluding carboxylic acids is 1. The summed E-state index contributed by atoms with van der Waals surface area (Å²) < 4.78 is 5.75. The second kappa shape index (κ2) is 6.89. The van der Waals surface area contributed by atoms with Crippen LogP contribution in [-0.4, -0.2) is 19.1 Å². The third-order valence-corrected chi connectivity index (χ3v) is 5.05. The van der Waals surface area contributed by atoms with Gasteiger partial charge in [-0.25, -0.2) is 0 Å². The summed E-state index contributed by atoms with van der Waals surface area (Å²) >= 11 is 0. The zero-order valence-corrected chi connectivity index (χ0v) is 14.4. The van der Waals surface area contributed by atoms with Crippen molar-refractivity contribution in [2.45, 2.75) is 37.6 Å². The molecule has 25 heavy (non-hydrogen) atoms. The predicted octanol–water partition coefficient (Wildman–Crippen LogP) is 3.77. The highest BCUT2D eigenvalue weighted by molar-refractivity contribution is 5.95. The second-order valence-electron chi connectivity index (χ2n) is 6.93. The molecule has 130 valence electrons. The van der Waals surface area contributed by atoms with E-state index in [1.165, 1.54) is 18.4 Å².